The zero-order valence-electron chi connectivity index (χ0n) is 13.2. The summed E-state index contributed by atoms with van der Waals surface area (Å²) in [4.78, 5) is 14.5. The summed E-state index contributed by atoms with van der Waals surface area (Å²) < 4.78 is 0. The molecule has 0 aliphatic heterocycles. The van der Waals surface area contributed by atoms with E-state index in [1.165, 1.54) is 0 Å². The Hall–Kier alpha value is -1.52. The van der Waals surface area contributed by atoms with Crippen LogP contribution in [0.15, 0.2) is 0 Å². The fraction of sp³-hybridized carbons (Fsp3) is 0.733. The van der Waals surface area contributed by atoms with E-state index in [2.05, 4.69) is 37.9 Å². The van der Waals surface area contributed by atoms with Crippen LogP contribution in [0.5, 0.6) is 0 Å². The van der Waals surface area contributed by atoms with E-state index in [9.17, 15) is 4.79 Å². The molecule has 1 aromatic rings. The van der Waals surface area contributed by atoms with Crippen LogP contribution >= 0.6 is 0 Å². The minimum atomic E-state index is -0.0519. The van der Waals surface area contributed by atoms with E-state index in [-0.39, 0.29) is 11.9 Å². The van der Waals surface area contributed by atoms with E-state index in [4.69, 9.17) is 5.73 Å². The number of aromatic amines is 1. The second-order valence-corrected chi connectivity index (χ2v) is 5.32. The minimum absolute atomic E-state index is 0.0519. The molecule has 0 fully saturated rings. The smallest absolute Gasteiger partial charge is 0.276 e. The fourth-order valence-corrected chi connectivity index (χ4v) is 2.20. The van der Waals surface area contributed by atoms with Crippen molar-refractivity contribution in [2.24, 2.45) is 0 Å². The van der Waals surface area contributed by atoms with Gasteiger partial charge in [0.1, 0.15) is 0 Å². The average Bonchev–Trinajstić information content (AvgIpc) is 2.80. The van der Waals surface area contributed by atoms with Crippen molar-refractivity contribution in [3.63, 3.8) is 0 Å². The zero-order chi connectivity index (χ0) is 15.1. The third-order valence-electron chi connectivity index (χ3n) is 3.72. The maximum atomic E-state index is 12.7. The molecule has 1 heterocycles. The molecule has 1 unspecified atom stereocenters. The fourth-order valence-electron chi connectivity index (χ4n) is 2.20. The highest BCUT2D eigenvalue weighted by atomic mass is 16.2. The molecule has 1 atom stereocenters. The van der Waals surface area contributed by atoms with Gasteiger partial charge in [0.25, 0.3) is 5.91 Å². The number of nitrogen functional groups attached to an aromatic ring is 1. The summed E-state index contributed by atoms with van der Waals surface area (Å²) in [5, 5.41) is 7.04. The minimum Gasteiger partial charge on any atom is -0.395 e. The highest BCUT2D eigenvalue weighted by molar-refractivity contribution is 5.97. The summed E-state index contributed by atoms with van der Waals surface area (Å²) in [7, 11) is 0. The summed E-state index contributed by atoms with van der Waals surface area (Å²) in [6, 6.07) is 0.208. The number of H-pyrrole nitrogens is 1. The Morgan fingerprint density at radius 1 is 1.35 bits per heavy atom. The van der Waals surface area contributed by atoms with Crippen LogP contribution in [-0.2, 0) is 6.42 Å². The molecule has 0 saturated heterocycles. The van der Waals surface area contributed by atoms with Gasteiger partial charge in [0.15, 0.2) is 5.69 Å². The van der Waals surface area contributed by atoms with E-state index in [0.717, 1.165) is 44.3 Å². The Balaban J connectivity index is 2.93. The summed E-state index contributed by atoms with van der Waals surface area (Å²) in [5.74, 6) is -0.0519. The van der Waals surface area contributed by atoms with Crippen molar-refractivity contribution in [3.8, 4) is 0 Å². The van der Waals surface area contributed by atoms with Gasteiger partial charge in [0.05, 0.1) is 11.4 Å². The molecular weight excluding hydrogens is 252 g/mol. The number of rotatable bonds is 8. The zero-order valence-corrected chi connectivity index (χ0v) is 13.2. The van der Waals surface area contributed by atoms with E-state index < -0.39 is 0 Å². The van der Waals surface area contributed by atoms with Crippen LogP contribution in [0, 0.1) is 0 Å². The molecule has 1 aromatic heterocycles. The van der Waals surface area contributed by atoms with Crippen LogP contribution in [-0.4, -0.2) is 33.6 Å². The van der Waals surface area contributed by atoms with Crippen molar-refractivity contribution < 1.29 is 4.79 Å². The Labute approximate surface area is 121 Å². The van der Waals surface area contributed by atoms with Crippen LogP contribution in [0.4, 0.5) is 5.69 Å². The number of amides is 1. The van der Waals surface area contributed by atoms with E-state index >= 15 is 0 Å². The third-order valence-corrected chi connectivity index (χ3v) is 3.72. The standard InChI is InChI=1S/C15H28N4O/c1-5-8-10-19(11(4)7-3)15(20)14-13(16)12(9-6-2)17-18-14/h11H,5-10,16H2,1-4H3,(H,17,18). The first-order chi connectivity index (χ1) is 9.56. The lowest BCUT2D eigenvalue weighted by molar-refractivity contribution is 0.0680. The highest BCUT2D eigenvalue weighted by Crippen LogP contribution is 2.19. The van der Waals surface area contributed by atoms with Crippen molar-refractivity contribution >= 4 is 11.6 Å². The van der Waals surface area contributed by atoms with Crippen molar-refractivity contribution in [2.75, 3.05) is 12.3 Å². The number of nitrogens with one attached hydrogen (secondary N) is 1. The van der Waals surface area contributed by atoms with Gasteiger partial charge >= 0.3 is 0 Å². The number of anilines is 1. The van der Waals surface area contributed by atoms with Gasteiger partial charge in [0, 0.05) is 12.6 Å². The molecule has 0 saturated carbocycles. The maximum Gasteiger partial charge on any atom is 0.276 e. The summed E-state index contributed by atoms with van der Waals surface area (Å²) in [6.07, 6.45) is 4.80. The molecule has 114 valence electrons. The Morgan fingerprint density at radius 2 is 2.05 bits per heavy atom. The quantitative estimate of drug-likeness (QED) is 0.768. The van der Waals surface area contributed by atoms with Crippen LogP contribution in [0.3, 0.4) is 0 Å². The normalized spacial score (nSPS) is 12.4. The number of hydrogen-bond acceptors (Lipinski definition) is 3. The lowest BCUT2D eigenvalue weighted by atomic mass is 10.1. The van der Waals surface area contributed by atoms with Gasteiger partial charge in [-0.1, -0.05) is 33.6 Å². The second-order valence-electron chi connectivity index (χ2n) is 5.32. The summed E-state index contributed by atoms with van der Waals surface area (Å²) in [6.45, 7) is 9.13. The Morgan fingerprint density at radius 3 is 2.60 bits per heavy atom. The number of aryl methyl sites for hydroxylation is 1. The van der Waals surface area contributed by atoms with Gasteiger partial charge in [-0.15, -0.1) is 0 Å². The van der Waals surface area contributed by atoms with Crippen molar-refractivity contribution in [2.45, 2.75) is 65.8 Å². The first-order valence-electron chi connectivity index (χ1n) is 7.70. The summed E-state index contributed by atoms with van der Waals surface area (Å²) >= 11 is 0. The van der Waals surface area contributed by atoms with E-state index in [1.807, 2.05) is 4.90 Å². The topological polar surface area (TPSA) is 75.0 Å². The van der Waals surface area contributed by atoms with Gasteiger partial charge in [-0.05, 0) is 26.2 Å². The number of nitrogens with two attached hydrogens (primary N) is 1. The van der Waals surface area contributed by atoms with Gasteiger partial charge in [-0.25, -0.2) is 0 Å². The molecule has 0 radical (unpaired) electrons. The van der Waals surface area contributed by atoms with Crippen molar-refractivity contribution in [1.82, 2.24) is 15.1 Å². The first-order valence-corrected chi connectivity index (χ1v) is 7.70. The Bertz CT molecular complexity index is 428. The van der Waals surface area contributed by atoms with Gasteiger partial charge in [-0.3, -0.25) is 9.89 Å². The van der Waals surface area contributed by atoms with E-state index in [0.29, 0.717) is 11.4 Å². The number of aromatic nitrogens is 2. The Kier molecular flexibility index (Phi) is 6.55. The van der Waals surface area contributed by atoms with Crippen molar-refractivity contribution in [1.29, 1.82) is 0 Å². The molecule has 5 heteroatoms. The molecule has 0 bridgehead atoms. The number of carbonyl (C=O) groups excluding carboxylic acids is 1. The molecule has 1 rings (SSSR count). The van der Waals surface area contributed by atoms with Crippen LogP contribution in [0.25, 0.3) is 0 Å². The highest BCUT2D eigenvalue weighted by Gasteiger charge is 2.25. The first kappa shape index (κ1) is 16.5. The van der Waals surface area contributed by atoms with Crippen LogP contribution < -0.4 is 5.73 Å². The predicted octanol–water partition coefficient (Wildman–Crippen LogP) is 2.99. The SMILES string of the molecule is CCCCN(C(=O)c1n[nH]c(CCC)c1N)C(C)CC. The molecule has 5 nitrogen and oxygen atoms in total. The lowest BCUT2D eigenvalue weighted by Crippen LogP contribution is -2.39. The third kappa shape index (κ3) is 3.74. The molecular formula is C15H28N4O. The molecule has 0 spiro atoms. The molecule has 1 amide bonds. The van der Waals surface area contributed by atoms with Crippen LogP contribution in [0.2, 0.25) is 0 Å². The second kappa shape index (κ2) is 7.92. The molecule has 3 N–H and O–H groups in total. The van der Waals surface area contributed by atoms with Gasteiger partial charge in [-0.2, -0.15) is 5.10 Å². The monoisotopic (exact) mass is 280 g/mol. The lowest BCUT2D eigenvalue weighted by Gasteiger charge is -2.28. The predicted molar refractivity (Wildman–Crippen MR) is 82.7 cm³/mol. The number of hydrogen-bond donors (Lipinski definition) is 2. The van der Waals surface area contributed by atoms with Gasteiger partial charge in [0.2, 0.25) is 0 Å². The number of unbranched alkanes of at least 4 members (excludes halogenated alkanes) is 1. The van der Waals surface area contributed by atoms with Crippen molar-refractivity contribution in [3.05, 3.63) is 11.4 Å². The number of carbonyl (C=O) groups is 1. The molecule has 20 heavy (non-hydrogen) atoms. The largest absolute Gasteiger partial charge is 0.395 e. The maximum absolute atomic E-state index is 12.7. The molecule has 0 aromatic carbocycles. The van der Waals surface area contributed by atoms with Gasteiger partial charge < -0.3 is 10.6 Å². The van der Waals surface area contributed by atoms with E-state index in [1.54, 1.807) is 0 Å². The summed E-state index contributed by atoms with van der Waals surface area (Å²) in [5.41, 5.74) is 7.82. The van der Waals surface area contributed by atoms with Crippen LogP contribution in [0.1, 0.15) is 69.6 Å². The average molecular weight is 280 g/mol. The molecule has 0 aliphatic carbocycles. The number of nitrogens with zero attached hydrogens (tertiary/aromatic N) is 2. The molecule has 0 aliphatic rings.